The van der Waals surface area contributed by atoms with Crippen molar-refractivity contribution >= 4 is 21.2 Å². The molecule has 2 aromatic heterocycles. The average molecular weight is 342 g/mol. The number of hydrogen-bond donors (Lipinski definition) is 0. The molecule has 0 saturated heterocycles. The monoisotopic (exact) mass is 342 g/mol. The second-order valence-electron chi connectivity index (χ2n) is 6.00. The lowest BCUT2D eigenvalue weighted by Crippen LogP contribution is -2.09. The van der Waals surface area contributed by atoms with Crippen molar-refractivity contribution < 1.29 is 12.9 Å². The van der Waals surface area contributed by atoms with Crippen LogP contribution < -0.4 is 0 Å². The molecule has 2 rings (SSSR count). The average Bonchev–Trinajstić information content (AvgIpc) is 2.97. The molecule has 0 aliphatic carbocycles. The van der Waals surface area contributed by atoms with Gasteiger partial charge in [0, 0.05) is 10.9 Å². The molecule has 2 aromatic rings. The van der Waals surface area contributed by atoms with Gasteiger partial charge in [0.25, 0.3) is 0 Å². The summed E-state index contributed by atoms with van der Waals surface area (Å²) in [7, 11) is -3.28. The Hall–Kier alpha value is -1.21. The molecule has 0 bridgehead atoms. The van der Waals surface area contributed by atoms with Gasteiger partial charge >= 0.3 is 0 Å². The van der Waals surface area contributed by atoms with Crippen LogP contribution >= 0.6 is 11.3 Å². The predicted octanol–water partition coefficient (Wildman–Crippen LogP) is 3.45. The number of aromatic nitrogens is 2. The largest absolute Gasteiger partial charge is 0.361 e. The first-order valence-electron chi connectivity index (χ1n) is 7.32. The van der Waals surface area contributed by atoms with E-state index in [-0.39, 0.29) is 11.5 Å². The van der Waals surface area contributed by atoms with Crippen molar-refractivity contribution in [1.82, 2.24) is 10.1 Å². The topological polar surface area (TPSA) is 73.1 Å². The molecule has 0 N–H and O–H groups in total. The van der Waals surface area contributed by atoms with Gasteiger partial charge in [0.2, 0.25) is 0 Å². The van der Waals surface area contributed by atoms with E-state index >= 15 is 0 Å². The normalized spacial score (nSPS) is 12.2. The van der Waals surface area contributed by atoms with Crippen molar-refractivity contribution in [3.63, 3.8) is 0 Å². The first-order valence-corrected chi connectivity index (χ1v) is 10.0. The Kier molecular flexibility index (Phi) is 5.39. The molecule has 2 heterocycles. The fourth-order valence-corrected chi connectivity index (χ4v) is 4.62. The van der Waals surface area contributed by atoms with Gasteiger partial charge in [-0.2, -0.15) is 0 Å². The number of aryl methyl sites for hydroxylation is 3. The quantitative estimate of drug-likeness (QED) is 0.770. The Morgan fingerprint density at radius 1 is 1.27 bits per heavy atom. The van der Waals surface area contributed by atoms with E-state index in [1.54, 1.807) is 25.2 Å². The van der Waals surface area contributed by atoms with Crippen molar-refractivity contribution in [2.75, 3.05) is 0 Å². The van der Waals surface area contributed by atoms with E-state index in [0.29, 0.717) is 28.6 Å². The minimum Gasteiger partial charge on any atom is -0.361 e. The van der Waals surface area contributed by atoms with Crippen molar-refractivity contribution in [1.29, 1.82) is 0 Å². The Labute approximate surface area is 135 Å². The molecule has 0 radical (unpaired) electrons. The zero-order valence-electron chi connectivity index (χ0n) is 13.4. The molecular weight excluding hydrogens is 320 g/mol. The van der Waals surface area contributed by atoms with Crippen molar-refractivity contribution in [2.45, 2.75) is 52.0 Å². The maximum absolute atomic E-state index is 12.3. The number of sulfone groups is 1. The molecule has 0 amide bonds. The fourth-order valence-electron chi connectivity index (χ4n) is 2.15. The van der Waals surface area contributed by atoms with Crippen LogP contribution in [-0.2, 0) is 27.8 Å². The lowest BCUT2D eigenvalue weighted by molar-refractivity contribution is 0.392. The van der Waals surface area contributed by atoms with Crippen molar-refractivity contribution in [2.24, 2.45) is 5.92 Å². The molecule has 0 aromatic carbocycles. The Morgan fingerprint density at radius 3 is 2.59 bits per heavy atom. The molecule has 0 saturated carbocycles. The molecule has 5 nitrogen and oxygen atoms in total. The van der Waals surface area contributed by atoms with E-state index in [2.05, 4.69) is 24.0 Å². The van der Waals surface area contributed by atoms with E-state index in [4.69, 9.17) is 4.52 Å². The summed E-state index contributed by atoms with van der Waals surface area (Å²) in [5.41, 5.74) is 1.93. The highest BCUT2D eigenvalue weighted by Gasteiger charge is 2.20. The first kappa shape index (κ1) is 17.1. The molecule has 0 aliphatic rings. The third kappa shape index (κ3) is 4.64. The minimum absolute atomic E-state index is 0.0325. The van der Waals surface area contributed by atoms with Gasteiger partial charge in [-0.05, 0) is 32.6 Å². The smallest absolute Gasteiger partial charge is 0.160 e. The van der Waals surface area contributed by atoms with E-state index in [9.17, 15) is 8.42 Å². The van der Waals surface area contributed by atoms with E-state index in [0.717, 1.165) is 17.8 Å². The van der Waals surface area contributed by atoms with Gasteiger partial charge in [0.1, 0.15) is 5.76 Å². The van der Waals surface area contributed by atoms with Gasteiger partial charge in [0.05, 0.1) is 27.9 Å². The summed E-state index contributed by atoms with van der Waals surface area (Å²) >= 11 is 1.54. The van der Waals surface area contributed by atoms with Crippen molar-refractivity contribution in [3.05, 3.63) is 33.1 Å². The molecule has 122 valence electrons. The Balaban J connectivity index is 2.03. The highest BCUT2D eigenvalue weighted by molar-refractivity contribution is 7.89. The van der Waals surface area contributed by atoms with Crippen LogP contribution in [0.15, 0.2) is 9.90 Å². The minimum atomic E-state index is -3.28. The molecular formula is C15H22N2O3S2. The number of thiazole rings is 1. The summed E-state index contributed by atoms with van der Waals surface area (Å²) in [5, 5.41) is 6.66. The standard InChI is InChI=1S/C15H22N2O3S2/c1-10(2)5-6-15-16-13(7-21-15)8-22(18,19)9-14-11(3)17-20-12(14)4/h7,10H,5-6,8-9H2,1-4H3. The SMILES string of the molecule is Cc1noc(C)c1CS(=O)(=O)Cc1csc(CCC(C)C)n1. The number of hydrogen-bond acceptors (Lipinski definition) is 6. The molecule has 0 atom stereocenters. The molecule has 0 unspecified atom stereocenters. The lowest BCUT2D eigenvalue weighted by atomic mass is 10.1. The highest BCUT2D eigenvalue weighted by atomic mass is 32.2. The van der Waals surface area contributed by atoms with Crippen LogP contribution in [0.5, 0.6) is 0 Å². The van der Waals surface area contributed by atoms with E-state index < -0.39 is 9.84 Å². The molecule has 0 fully saturated rings. The van der Waals surface area contributed by atoms with Crippen LogP contribution in [0.4, 0.5) is 0 Å². The highest BCUT2D eigenvalue weighted by Crippen LogP contribution is 2.20. The van der Waals surface area contributed by atoms with Gasteiger partial charge in [-0.25, -0.2) is 13.4 Å². The first-order chi connectivity index (χ1) is 10.3. The van der Waals surface area contributed by atoms with Crippen LogP contribution in [0.1, 0.15) is 48.0 Å². The Bertz CT molecular complexity index is 710. The van der Waals surface area contributed by atoms with Crippen LogP contribution in [0.3, 0.4) is 0 Å². The second kappa shape index (κ2) is 6.91. The lowest BCUT2D eigenvalue weighted by Gasteiger charge is -2.02. The van der Waals surface area contributed by atoms with Gasteiger partial charge in [-0.15, -0.1) is 11.3 Å². The maximum Gasteiger partial charge on any atom is 0.160 e. The third-order valence-corrected chi connectivity index (χ3v) is 5.87. The summed E-state index contributed by atoms with van der Waals surface area (Å²) < 4.78 is 29.7. The van der Waals surface area contributed by atoms with Gasteiger partial charge < -0.3 is 4.52 Å². The molecule has 0 aliphatic heterocycles. The summed E-state index contributed by atoms with van der Waals surface area (Å²) in [4.78, 5) is 4.44. The summed E-state index contributed by atoms with van der Waals surface area (Å²) in [6, 6.07) is 0. The second-order valence-corrected chi connectivity index (χ2v) is 9.01. The third-order valence-electron chi connectivity index (χ3n) is 3.45. The molecule has 22 heavy (non-hydrogen) atoms. The van der Waals surface area contributed by atoms with Gasteiger partial charge in [-0.1, -0.05) is 19.0 Å². The van der Waals surface area contributed by atoms with Crippen molar-refractivity contribution in [3.8, 4) is 0 Å². The molecule has 7 heteroatoms. The summed E-state index contributed by atoms with van der Waals surface area (Å²) in [5.74, 6) is 1.11. The van der Waals surface area contributed by atoms with Crippen LogP contribution in [0, 0.1) is 19.8 Å². The van der Waals surface area contributed by atoms with E-state index in [1.807, 2.05) is 5.38 Å². The number of nitrogens with zero attached hydrogens (tertiary/aromatic N) is 2. The van der Waals surface area contributed by atoms with Crippen LogP contribution in [0.2, 0.25) is 0 Å². The molecule has 0 spiro atoms. The predicted molar refractivity (Wildman–Crippen MR) is 87.6 cm³/mol. The maximum atomic E-state index is 12.3. The fraction of sp³-hybridized carbons (Fsp3) is 0.600. The van der Waals surface area contributed by atoms with Gasteiger partial charge in [-0.3, -0.25) is 0 Å². The Morgan fingerprint density at radius 2 is 2.00 bits per heavy atom. The zero-order valence-corrected chi connectivity index (χ0v) is 15.1. The van der Waals surface area contributed by atoms with Crippen LogP contribution in [-0.4, -0.2) is 18.6 Å². The summed E-state index contributed by atoms with van der Waals surface area (Å²) in [6.07, 6.45) is 1.98. The van der Waals surface area contributed by atoms with E-state index in [1.165, 1.54) is 0 Å². The van der Waals surface area contributed by atoms with Gasteiger partial charge in [0.15, 0.2) is 9.84 Å². The number of rotatable bonds is 7. The van der Waals surface area contributed by atoms with Crippen LogP contribution in [0.25, 0.3) is 0 Å². The summed E-state index contributed by atoms with van der Waals surface area (Å²) in [6.45, 7) is 7.83. The zero-order chi connectivity index (χ0) is 16.3.